The van der Waals surface area contributed by atoms with Crippen molar-refractivity contribution in [3.63, 3.8) is 0 Å². The summed E-state index contributed by atoms with van der Waals surface area (Å²) < 4.78 is 5.11. The first kappa shape index (κ1) is 12.3. The summed E-state index contributed by atoms with van der Waals surface area (Å²) in [7, 11) is 0. The second-order valence-electron chi connectivity index (χ2n) is 4.52. The predicted molar refractivity (Wildman–Crippen MR) is 67.4 cm³/mol. The zero-order valence-electron chi connectivity index (χ0n) is 10.5. The molecule has 0 bridgehead atoms. The maximum atomic E-state index is 12.1. The Labute approximate surface area is 113 Å². The van der Waals surface area contributed by atoms with Gasteiger partial charge in [-0.05, 0) is 12.1 Å². The van der Waals surface area contributed by atoms with Crippen molar-refractivity contribution in [3.05, 3.63) is 30.0 Å². The first-order valence-electron chi connectivity index (χ1n) is 6.07. The van der Waals surface area contributed by atoms with E-state index in [0.717, 1.165) is 5.39 Å². The molecule has 0 atom stereocenters. The number of rotatable bonds is 2. The van der Waals surface area contributed by atoms with Gasteiger partial charge in [0.2, 0.25) is 17.7 Å². The standard InChI is InChI=1S/C13H11N3O4/c17-11-6-16(7-12(18)14-11)13(19)5-9-8-3-1-2-4-10(8)20-15-9/h1-4H,5-7H2,(H,14,17,18). The lowest BCUT2D eigenvalue weighted by atomic mass is 10.1. The summed E-state index contributed by atoms with van der Waals surface area (Å²) in [6.45, 7) is -0.222. The van der Waals surface area contributed by atoms with Gasteiger partial charge in [0.05, 0.1) is 6.42 Å². The van der Waals surface area contributed by atoms with Crippen LogP contribution in [0, 0.1) is 0 Å². The quantitative estimate of drug-likeness (QED) is 0.768. The summed E-state index contributed by atoms with van der Waals surface area (Å²) >= 11 is 0. The molecule has 1 N–H and O–H groups in total. The lowest BCUT2D eigenvalue weighted by Gasteiger charge is -2.25. The molecule has 1 aliphatic heterocycles. The van der Waals surface area contributed by atoms with Crippen LogP contribution in [0.1, 0.15) is 5.69 Å². The molecule has 2 heterocycles. The number of benzene rings is 1. The third-order valence-electron chi connectivity index (χ3n) is 3.07. The minimum absolute atomic E-state index is 0.00241. The van der Waals surface area contributed by atoms with Crippen LogP contribution in [0.3, 0.4) is 0 Å². The molecule has 1 fully saturated rings. The van der Waals surface area contributed by atoms with Crippen molar-refractivity contribution in [3.8, 4) is 0 Å². The Balaban J connectivity index is 1.79. The monoisotopic (exact) mass is 273 g/mol. The van der Waals surface area contributed by atoms with Gasteiger partial charge in [-0.2, -0.15) is 0 Å². The molecule has 3 amide bonds. The number of aromatic nitrogens is 1. The first-order chi connectivity index (χ1) is 9.63. The van der Waals surface area contributed by atoms with Gasteiger partial charge in [-0.25, -0.2) is 0 Å². The van der Waals surface area contributed by atoms with Crippen molar-refractivity contribution >= 4 is 28.7 Å². The summed E-state index contributed by atoms with van der Waals surface area (Å²) in [5, 5.41) is 6.76. The van der Waals surface area contributed by atoms with Crippen molar-refractivity contribution in [2.45, 2.75) is 6.42 Å². The molecule has 0 spiro atoms. The molecule has 0 aliphatic carbocycles. The van der Waals surface area contributed by atoms with Crippen molar-refractivity contribution in [1.29, 1.82) is 0 Å². The molecule has 1 saturated heterocycles. The topological polar surface area (TPSA) is 92.5 Å². The SMILES string of the molecule is O=C1CN(C(=O)Cc2noc3ccccc23)CC(=O)N1. The lowest BCUT2D eigenvalue weighted by Crippen LogP contribution is -2.53. The van der Waals surface area contributed by atoms with Crippen LogP contribution in [-0.2, 0) is 20.8 Å². The summed E-state index contributed by atoms with van der Waals surface area (Å²) in [5.74, 6) is -1.27. The largest absolute Gasteiger partial charge is 0.356 e. The molecule has 1 aromatic carbocycles. The summed E-state index contributed by atoms with van der Waals surface area (Å²) in [6.07, 6.45) is -0.00241. The number of piperazine rings is 1. The van der Waals surface area contributed by atoms with Gasteiger partial charge < -0.3 is 9.42 Å². The van der Waals surface area contributed by atoms with E-state index in [2.05, 4.69) is 10.5 Å². The van der Waals surface area contributed by atoms with Gasteiger partial charge >= 0.3 is 0 Å². The highest BCUT2D eigenvalue weighted by Gasteiger charge is 2.27. The molecule has 0 saturated carbocycles. The van der Waals surface area contributed by atoms with Crippen LogP contribution in [0.4, 0.5) is 0 Å². The second-order valence-corrected chi connectivity index (χ2v) is 4.52. The lowest BCUT2D eigenvalue weighted by molar-refractivity contribution is -0.145. The molecule has 0 unspecified atom stereocenters. The Morgan fingerprint density at radius 2 is 1.95 bits per heavy atom. The van der Waals surface area contributed by atoms with E-state index in [-0.39, 0.29) is 25.4 Å². The molecule has 102 valence electrons. The van der Waals surface area contributed by atoms with E-state index in [9.17, 15) is 14.4 Å². The van der Waals surface area contributed by atoms with Gasteiger partial charge in [-0.15, -0.1) is 0 Å². The average molecular weight is 273 g/mol. The van der Waals surface area contributed by atoms with E-state index in [0.29, 0.717) is 11.3 Å². The third-order valence-corrected chi connectivity index (χ3v) is 3.07. The van der Waals surface area contributed by atoms with Gasteiger partial charge in [0.1, 0.15) is 18.8 Å². The Morgan fingerprint density at radius 1 is 1.25 bits per heavy atom. The minimum atomic E-state index is -0.473. The maximum Gasteiger partial charge on any atom is 0.246 e. The predicted octanol–water partition coefficient (Wildman–Crippen LogP) is -0.145. The highest BCUT2D eigenvalue weighted by atomic mass is 16.5. The number of amides is 3. The van der Waals surface area contributed by atoms with E-state index in [4.69, 9.17) is 4.52 Å². The van der Waals surface area contributed by atoms with Gasteiger partial charge in [-0.3, -0.25) is 19.7 Å². The number of para-hydroxylation sites is 1. The van der Waals surface area contributed by atoms with Crippen LogP contribution in [0.2, 0.25) is 0 Å². The average Bonchev–Trinajstić information content (AvgIpc) is 2.81. The van der Waals surface area contributed by atoms with E-state index in [1.165, 1.54) is 4.90 Å². The zero-order chi connectivity index (χ0) is 14.1. The summed E-state index contributed by atoms with van der Waals surface area (Å²) in [5.41, 5.74) is 1.10. The molecule has 2 aromatic rings. The fourth-order valence-electron chi connectivity index (χ4n) is 2.13. The van der Waals surface area contributed by atoms with E-state index >= 15 is 0 Å². The number of hydrogen-bond acceptors (Lipinski definition) is 5. The van der Waals surface area contributed by atoms with Gasteiger partial charge in [0, 0.05) is 5.39 Å². The summed E-state index contributed by atoms with van der Waals surface area (Å²) in [4.78, 5) is 35.8. The fourth-order valence-corrected chi connectivity index (χ4v) is 2.13. The number of imide groups is 1. The smallest absolute Gasteiger partial charge is 0.246 e. The van der Waals surface area contributed by atoms with Crippen molar-refractivity contribution in [2.24, 2.45) is 0 Å². The van der Waals surface area contributed by atoms with Crippen molar-refractivity contribution in [2.75, 3.05) is 13.1 Å². The Morgan fingerprint density at radius 3 is 2.70 bits per heavy atom. The van der Waals surface area contributed by atoms with E-state index in [1.54, 1.807) is 6.07 Å². The fraction of sp³-hybridized carbons (Fsp3) is 0.231. The van der Waals surface area contributed by atoms with Gasteiger partial charge in [0.15, 0.2) is 5.58 Å². The molecule has 7 heteroatoms. The molecule has 3 rings (SSSR count). The molecular weight excluding hydrogens is 262 g/mol. The van der Waals surface area contributed by atoms with Gasteiger partial charge in [0.25, 0.3) is 0 Å². The van der Waals surface area contributed by atoms with Crippen LogP contribution in [0.5, 0.6) is 0 Å². The highest BCUT2D eigenvalue weighted by molar-refractivity contribution is 6.02. The Bertz CT molecular complexity index is 690. The number of carbonyl (C=O) groups excluding carboxylic acids is 3. The van der Waals surface area contributed by atoms with Crippen molar-refractivity contribution < 1.29 is 18.9 Å². The van der Waals surface area contributed by atoms with Gasteiger partial charge in [-0.1, -0.05) is 17.3 Å². The van der Waals surface area contributed by atoms with Crippen LogP contribution in [0.15, 0.2) is 28.8 Å². The Hall–Kier alpha value is -2.70. The van der Waals surface area contributed by atoms with Crippen LogP contribution < -0.4 is 5.32 Å². The third kappa shape index (κ3) is 2.25. The minimum Gasteiger partial charge on any atom is -0.356 e. The van der Waals surface area contributed by atoms with Crippen LogP contribution >= 0.6 is 0 Å². The molecule has 20 heavy (non-hydrogen) atoms. The number of nitrogens with zero attached hydrogens (tertiary/aromatic N) is 2. The first-order valence-corrected chi connectivity index (χ1v) is 6.07. The Kier molecular flexibility index (Phi) is 2.94. The van der Waals surface area contributed by atoms with E-state index in [1.807, 2.05) is 18.2 Å². The summed E-state index contributed by atoms with van der Waals surface area (Å²) in [6, 6.07) is 7.20. The van der Waals surface area contributed by atoms with Crippen LogP contribution in [0.25, 0.3) is 11.0 Å². The molecule has 0 radical (unpaired) electrons. The number of fused-ring (bicyclic) bond motifs is 1. The zero-order valence-corrected chi connectivity index (χ0v) is 10.5. The van der Waals surface area contributed by atoms with E-state index < -0.39 is 11.8 Å². The molecule has 7 nitrogen and oxygen atoms in total. The molecule has 1 aromatic heterocycles. The number of nitrogens with one attached hydrogen (secondary N) is 1. The van der Waals surface area contributed by atoms with Crippen LogP contribution in [-0.4, -0.2) is 40.9 Å². The maximum absolute atomic E-state index is 12.1. The normalized spacial score (nSPS) is 15.5. The molecular formula is C13H11N3O4. The molecule has 1 aliphatic rings. The second kappa shape index (κ2) is 4.76. The number of hydrogen-bond donors (Lipinski definition) is 1. The number of carbonyl (C=O) groups is 3. The van der Waals surface area contributed by atoms with Crippen molar-refractivity contribution in [1.82, 2.24) is 15.4 Å². The highest BCUT2D eigenvalue weighted by Crippen LogP contribution is 2.18.